The number of rotatable bonds is 8. The predicted octanol–water partition coefficient (Wildman–Crippen LogP) is 7.96. The van der Waals surface area contributed by atoms with Gasteiger partial charge in [-0.3, -0.25) is 4.79 Å². The Kier molecular flexibility index (Phi) is 8.11. The van der Waals surface area contributed by atoms with E-state index >= 15 is 4.79 Å². The summed E-state index contributed by atoms with van der Waals surface area (Å²) in [4.78, 5) is 30.5. The molecule has 6 aliphatic rings. The Bertz CT molecular complexity index is 1650. The normalized spacial score (nSPS) is 37.8. The minimum atomic E-state index is -1.08. The highest BCUT2D eigenvalue weighted by Crippen LogP contribution is 2.78. The maximum atomic E-state index is 15.3. The van der Waals surface area contributed by atoms with Crippen molar-refractivity contribution in [1.29, 1.82) is 0 Å². The van der Waals surface area contributed by atoms with E-state index in [2.05, 4.69) is 56.4 Å². The van der Waals surface area contributed by atoms with E-state index in [1.165, 1.54) is 0 Å². The van der Waals surface area contributed by atoms with Gasteiger partial charge in [0.1, 0.15) is 0 Å². The molecular formula is C42H54N2O4. The van der Waals surface area contributed by atoms with Gasteiger partial charge in [0.15, 0.2) is 5.78 Å². The second-order valence-corrected chi connectivity index (χ2v) is 16.6. The summed E-state index contributed by atoms with van der Waals surface area (Å²) in [5, 5.41) is 27.0. The fourth-order valence-electron chi connectivity index (χ4n) is 11.5. The molecule has 256 valence electrons. The van der Waals surface area contributed by atoms with Gasteiger partial charge in [0, 0.05) is 40.0 Å². The fraction of sp³-hybridized carbons (Fsp3) is 0.571. The van der Waals surface area contributed by atoms with Crippen LogP contribution in [0, 0.1) is 33.5 Å². The van der Waals surface area contributed by atoms with Gasteiger partial charge in [0.05, 0.1) is 18.2 Å². The molecule has 8 atom stereocenters. The number of urea groups is 1. The summed E-state index contributed by atoms with van der Waals surface area (Å²) in [6.07, 6.45) is 12.9. The minimum Gasteiger partial charge on any atom is -0.393 e. The first-order valence-electron chi connectivity index (χ1n) is 18.4. The number of ketones is 1. The number of nitrogens with one attached hydrogen (secondary N) is 1. The molecule has 0 aromatic heterocycles. The number of Topliss-reactive ketones (excluding diaryl/α,β-unsaturated/α-hetero) is 1. The quantitative estimate of drug-likeness (QED) is 0.200. The highest BCUT2D eigenvalue weighted by atomic mass is 16.3. The number of benzene rings is 2. The maximum Gasteiger partial charge on any atom is 0.317 e. The average Bonchev–Trinajstić information content (AvgIpc) is 3.34. The van der Waals surface area contributed by atoms with Gasteiger partial charge in [0.2, 0.25) is 0 Å². The number of aliphatic hydroxyl groups is 2. The molecule has 8 rings (SSSR count). The van der Waals surface area contributed by atoms with Gasteiger partial charge in [-0.2, -0.15) is 0 Å². The summed E-state index contributed by atoms with van der Waals surface area (Å²) in [5.41, 5.74) is 0.885. The number of allylic oxidation sites excluding steroid dienone is 4. The van der Waals surface area contributed by atoms with Gasteiger partial charge >= 0.3 is 6.03 Å². The smallest absolute Gasteiger partial charge is 0.317 e. The van der Waals surface area contributed by atoms with E-state index in [-0.39, 0.29) is 47.1 Å². The maximum absolute atomic E-state index is 15.3. The molecule has 2 aromatic carbocycles. The SMILES string of the molecule is CCCN(CC1(O)CCC2C34C=CC5(C=C3C(=O)c3ccccc3-c3ccccc3)CC(O)CCC5(C)C4CCC21C)C(=O)NC(C)C. The third kappa shape index (κ3) is 4.65. The number of aliphatic hydroxyl groups excluding tert-OH is 1. The number of carbonyl (C=O) groups excluding carboxylic acids is 2. The summed E-state index contributed by atoms with van der Waals surface area (Å²) >= 11 is 0. The van der Waals surface area contributed by atoms with E-state index in [0.717, 1.165) is 55.2 Å². The summed E-state index contributed by atoms with van der Waals surface area (Å²) in [6.45, 7) is 11.5. The van der Waals surface area contributed by atoms with Gasteiger partial charge in [0.25, 0.3) is 0 Å². The Morgan fingerprint density at radius 2 is 1.58 bits per heavy atom. The molecule has 3 saturated carbocycles. The molecule has 2 amide bonds. The molecule has 0 heterocycles. The van der Waals surface area contributed by atoms with Crippen molar-refractivity contribution in [3.05, 3.63) is 84.0 Å². The van der Waals surface area contributed by atoms with Crippen molar-refractivity contribution >= 4 is 11.8 Å². The van der Waals surface area contributed by atoms with Crippen LogP contribution >= 0.6 is 0 Å². The molecule has 6 heteroatoms. The van der Waals surface area contributed by atoms with Gasteiger partial charge in [-0.15, -0.1) is 0 Å². The van der Waals surface area contributed by atoms with E-state index in [1.54, 1.807) is 0 Å². The Morgan fingerprint density at radius 1 is 0.917 bits per heavy atom. The highest BCUT2D eigenvalue weighted by Gasteiger charge is 2.74. The van der Waals surface area contributed by atoms with Crippen LogP contribution in [0.5, 0.6) is 0 Å². The predicted molar refractivity (Wildman–Crippen MR) is 190 cm³/mol. The van der Waals surface area contributed by atoms with Crippen molar-refractivity contribution in [2.75, 3.05) is 13.1 Å². The summed E-state index contributed by atoms with van der Waals surface area (Å²) in [5.74, 6) is 0.309. The average molecular weight is 651 g/mol. The summed E-state index contributed by atoms with van der Waals surface area (Å²) in [7, 11) is 0. The summed E-state index contributed by atoms with van der Waals surface area (Å²) < 4.78 is 0. The highest BCUT2D eigenvalue weighted by molar-refractivity contribution is 6.14. The first kappa shape index (κ1) is 33.3. The number of hydrogen-bond acceptors (Lipinski definition) is 4. The van der Waals surface area contributed by atoms with E-state index in [9.17, 15) is 15.0 Å². The number of amides is 2. The molecule has 6 nitrogen and oxygen atoms in total. The zero-order valence-electron chi connectivity index (χ0n) is 29.5. The number of hydrogen-bond donors (Lipinski definition) is 3. The molecule has 2 spiro atoms. The van der Waals surface area contributed by atoms with Crippen LogP contribution < -0.4 is 5.32 Å². The number of fused-ring (bicyclic) bond motifs is 1. The van der Waals surface area contributed by atoms with Crippen LogP contribution in [0.4, 0.5) is 4.79 Å². The lowest BCUT2D eigenvalue weighted by Gasteiger charge is -2.71. The van der Waals surface area contributed by atoms with Crippen LogP contribution in [0.25, 0.3) is 11.1 Å². The van der Waals surface area contributed by atoms with Gasteiger partial charge in [-0.05, 0) is 93.6 Å². The molecule has 2 aromatic rings. The monoisotopic (exact) mass is 650 g/mol. The first-order valence-corrected chi connectivity index (χ1v) is 18.4. The zero-order chi connectivity index (χ0) is 34.1. The fourth-order valence-corrected chi connectivity index (χ4v) is 11.5. The molecule has 3 N–H and O–H groups in total. The summed E-state index contributed by atoms with van der Waals surface area (Å²) in [6, 6.07) is 18.0. The van der Waals surface area contributed by atoms with E-state index < -0.39 is 22.5 Å². The third-order valence-electron chi connectivity index (χ3n) is 13.9. The molecule has 3 fully saturated rings. The van der Waals surface area contributed by atoms with Gasteiger partial charge in [-0.1, -0.05) is 93.6 Å². The Balaban J connectivity index is 1.36. The lowest BCUT2D eigenvalue weighted by molar-refractivity contribution is -0.174. The topological polar surface area (TPSA) is 89.9 Å². The largest absolute Gasteiger partial charge is 0.393 e. The van der Waals surface area contributed by atoms with Crippen molar-refractivity contribution in [2.24, 2.45) is 33.5 Å². The number of nitrogens with zero attached hydrogens (tertiary/aromatic N) is 1. The first-order chi connectivity index (χ1) is 22.8. The standard InChI is InChI=1S/C42H54N2O4/c1-6-24-44(37(47)43-28(2)3)27-41(48)21-18-35-39(41,5)20-17-34-38(4)19-16-30(45)25-40(38)22-23-42(34,35)33(26-40)36(46)32-15-11-10-14-31(32)29-12-8-7-9-13-29/h7-15,22-23,26,28,30,34-35,45,48H,6,16-21,24-25,27H2,1-5H3,(H,43,47). The van der Waals surface area contributed by atoms with E-state index in [0.29, 0.717) is 24.9 Å². The molecule has 0 saturated heterocycles. The lowest BCUT2D eigenvalue weighted by Crippen LogP contribution is -2.67. The molecule has 6 aliphatic carbocycles. The van der Waals surface area contributed by atoms with Crippen LogP contribution in [0.2, 0.25) is 0 Å². The molecule has 2 bridgehead atoms. The van der Waals surface area contributed by atoms with E-state index in [1.807, 2.05) is 61.2 Å². The Morgan fingerprint density at radius 3 is 2.31 bits per heavy atom. The lowest BCUT2D eigenvalue weighted by atomic mass is 9.32. The van der Waals surface area contributed by atoms with Crippen LogP contribution in [0.15, 0.2) is 78.4 Å². The van der Waals surface area contributed by atoms with Crippen molar-refractivity contribution < 1.29 is 19.8 Å². The van der Waals surface area contributed by atoms with Crippen LogP contribution in [-0.2, 0) is 0 Å². The Hall–Kier alpha value is -3.22. The van der Waals surface area contributed by atoms with Crippen LogP contribution in [0.1, 0.15) is 96.3 Å². The van der Waals surface area contributed by atoms with E-state index in [4.69, 9.17) is 0 Å². The molecule has 0 aliphatic heterocycles. The Labute approximate surface area is 286 Å². The van der Waals surface area contributed by atoms with Crippen molar-refractivity contribution in [3.63, 3.8) is 0 Å². The molecule has 48 heavy (non-hydrogen) atoms. The molecular weight excluding hydrogens is 596 g/mol. The van der Waals surface area contributed by atoms with Crippen LogP contribution in [-0.4, -0.2) is 57.8 Å². The second kappa shape index (κ2) is 11.7. The second-order valence-electron chi connectivity index (χ2n) is 16.6. The minimum absolute atomic E-state index is 0.00912. The third-order valence-corrected chi connectivity index (χ3v) is 13.9. The van der Waals surface area contributed by atoms with Gasteiger partial charge in [-0.25, -0.2) is 4.79 Å². The van der Waals surface area contributed by atoms with Gasteiger partial charge < -0.3 is 20.4 Å². The zero-order valence-corrected chi connectivity index (χ0v) is 29.5. The number of carbonyl (C=O) groups is 2. The van der Waals surface area contributed by atoms with Crippen molar-refractivity contribution in [2.45, 2.75) is 104 Å². The molecule has 8 unspecified atom stereocenters. The van der Waals surface area contributed by atoms with Crippen molar-refractivity contribution in [1.82, 2.24) is 10.2 Å². The van der Waals surface area contributed by atoms with Crippen LogP contribution in [0.3, 0.4) is 0 Å². The van der Waals surface area contributed by atoms with Crippen molar-refractivity contribution in [3.8, 4) is 11.1 Å². The molecule has 0 radical (unpaired) electrons.